The van der Waals surface area contributed by atoms with E-state index in [1.54, 1.807) is 0 Å². The van der Waals surface area contributed by atoms with Gasteiger partial charge in [0, 0.05) is 5.56 Å². The Labute approximate surface area is 157 Å². The summed E-state index contributed by atoms with van der Waals surface area (Å²) < 4.78 is 13.5. The zero-order valence-electron chi connectivity index (χ0n) is 15.1. The lowest BCUT2D eigenvalue weighted by molar-refractivity contribution is 0.475. The largest absolute Gasteiger partial charge is 0.507 e. The van der Waals surface area contributed by atoms with Crippen molar-refractivity contribution in [1.29, 1.82) is 0 Å². The van der Waals surface area contributed by atoms with Crippen LogP contribution in [0.15, 0.2) is 66.7 Å². The van der Waals surface area contributed by atoms with E-state index in [1.165, 1.54) is 34.9 Å². The molecular formula is C23H19FN2O. The Kier molecular flexibility index (Phi) is 4.24. The molecule has 0 bridgehead atoms. The minimum atomic E-state index is -0.412. The van der Waals surface area contributed by atoms with Crippen LogP contribution < -0.4 is 0 Å². The fourth-order valence-corrected chi connectivity index (χ4v) is 3.41. The maximum absolute atomic E-state index is 13.5. The summed E-state index contributed by atoms with van der Waals surface area (Å²) in [4.78, 5) is 0. The highest BCUT2D eigenvalue weighted by Gasteiger charge is 2.11. The molecule has 0 unspecified atom stereocenters. The van der Waals surface area contributed by atoms with Crippen molar-refractivity contribution in [3.63, 3.8) is 0 Å². The number of aromatic nitrogens is 2. The van der Waals surface area contributed by atoms with Gasteiger partial charge in [0.1, 0.15) is 11.6 Å². The van der Waals surface area contributed by atoms with Gasteiger partial charge >= 0.3 is 0 Å². The van der Waals surface area contributed by atoms with E-state index in [0.29, 0.717) is 11.3 Å². The molecule has 1 aromatic heterocycles. The normalized spacial score (nSPS) is 10.9. The number of halogens is 1. The highest BCUT2D eigenvalue weighted by atomic mass is 19.1. The predicted molar refractivity (Wildman–Crippen MR) is 106 cm³/mol. The van der Waals surface area contributed by atoms with Crippen molar-refractivity contribution in [2.45, 2.75) is 13.8 Å². The Bertz CT molecular complexity index is 1090. The molecule has 0 aliphatic heterocycles. The number of aromatic amines is 1. The number of phenols is 1. The van der Waals surface area contributed by atoms with Crippen molar-refractivity contribution in [2.75, 3.05) is 0 Å². The van der Waals surface area contributed by atoms with Crippen molar-refractivity contribution in [2.24, 2.45) is 0 Å². The molecule has 3 aromatic carbocycles. The third kappa shape index (κ3) is 3.22. The quantitative estimate of drug-likeness (QED) is 0.481. The van der Waals surface area contributed by atoms with Gasteiger partial charge < -0.3 is 5.11 Å². The van der Waals surface area contributed by atoms with E-state index in [4.69, 9.17) is 0 Å². The van der Waals surface area contributed by atoms with Crippen LogP contribution in [0, 0.1) is 19.7 Å². The van der Waals surface area contributed by atoms with Gasteiger partial charge in [0.05, 0.1) is 11.4 Å². The molecule has 3 nitrogen and oxygen atoms in total. The van der Waals surface area contributed by atoms with Gasteiger partial charge in [-0.3, -0.25) is 5.10 Å². The third-order valence-electron chi connectivity index (χ3n) is 4.78. The number of H-pyrrole nitrogens is 1. The van der Waals surface area contributed by atoms with Crippen molar-refractivity contribution >= 4 is 0 Å². The SMILES string of the molecule is Cc1cccc(C)c1-c1ccc(-c2cc(-c3cc(F)ccc3O)n[nH]2)cc1. The number of rotatable bonds is 3. The van der Waals surface area contributed by atoms with Crippen LogP contribution in [0.25, 0.3) is 33.6 Å². The first-order chi connectivity index (χ1) is 13.0. The molecular weight excluding hydrogens is 339 g/mol. The zero-order valence-corrected chi connectivity index (χ0v) is 15.1. The molecule has 0 aliphatic rings. The first-order valence-electron chi connectivity index (χ1n) is 8.74. The molecule has 0 radical (unpaired) electrons. The highest BCUT2D eigenvalue weighted by Crippen LogP contribution is 2.32. The van der Waals surface area contributed by atoms with Gasteiger partial charge in [-0.15, -0.1) is 0 Å². The first kappa shape index (κ1) is 17.0. The number of aryl methyl sites for hydroxylation is 2. The van der Waals surface area contributed by atoms with E-state index in [2.05, 4.69) is 54.4 Å². The molecule has 0 saturated heterocycles. The van der Waals surface area contributed by atoms with Crippen molar-refractivity contribution in [1.82, 2.24) is 10.2 Å². The van der Waals surface area contributed by atoms with Crippen molar-refractivity contribution in [3.8, 4) is 39.4 Å². The smallest absolute Gasteiger partial charge is 0.125 e. The average Bonchev–Trinajstić information content (AvgIpc) is 3.14. The zero-order chi connectivity index (χ0) is 19.0. The molecule has 4 heteroatoms. The number of hydrogen-bond donors (Lipinski definition) is 2. The monoisotopic (exact) mass is 358 g/mol. The second-order valence-electron chi connectivity index (χ2n) is 6.67. The molecule has 0 amide bonds. The number of phenolic OH excluding ortho intramolecular Hbond substituents is 1. The lowest BCUT2D eigenvalue weighted by Crippen LogP contribution is -1.88. The molecule has 2 N–H and O–H groups in total. The van der Waals surface area contributed by atoms with Gasteiger partial charge in [-0.25, -0.2) is 4.39 Å². The summed E-state index contributed by atoms with van der Waals surface area (Å²) in [6, 6.07) is 20.2. The fraction of sp³-hybridized carbons (Fsp3) is 0.0870. The van der Waals surface area contributed by atoms with E-state index >= 15 is 0 Å². The fourth-order valence-electron chi connectivity index (χ4n) is 3.41. The van der Waals surface area contributed by atoms with Crippen LogP contribution in [-0.2, 0) is 0 Å². The van der Waals surface area contributed by atoms with Crippen LogP contribution in [0.3, 0.4) is 0 Å². The van der Waals surface area contributed by atoms with Crippen LogP contribution in [0.5, 0.6) is 5.75 Å². The molecule has 4 rings (SSSR count). The van der Waals surface area contributed by atoms with Crippen LogP contribution in [0.4, 0.5) is 4.39 Å². The second-order valence-corrected chi connectivity index (χ2v) is 6.67. The van der Waals surface area contributed by atoms with E-state index in [1.807, 2.05) is 18.2 Å². The Morgan fingerprint density at radius 3 is 2.22 bits per heavy atom. The second kappa shape index (κ2) is 6.72. The van der Waals surface area contributed by atoms with Gasteiger partial charge in [0.15, 0.2) is 0 Å². The minimum Gasteiger partial charge on any atom is -0.507 e. The molecule has 0 aliphatic carbocycles. The summed E-state index contributed by atoms with van der Waals surface area (Å²) in [6.45, 7) is 4.23. The lowest BCUT2D eigenvalue weighted by atomic mass is 9.95. The van der Waals surface area contributed by atoms with Crippen LogP contribution >= 0.6 is 0 Å². The van der Waals surface area contributed by atoms with Crippen molar-refractivity contribution < 1.29 is 9.50 Å². The minimum absolute atomic E-state index is 0.000161. The van der Waals surface area contributed by atoms with E-state index in [-0.39, 0.29) is 5.75 Å². The van der Waals surface area contributed by atoms with Gasteiger partial charge in [-0.1, -0.05) is 42.5 Å². The summed E-state index contributed by atoms with van der Waals surface area (Å²) in [5, 5.41) is 17.1. The van der Waals surface area contributed by atoms with Gasteiger partial charge in [-0.2, -0.15) is 5.10 Å². The number of benzene rings is 3. The summed E-state index contributed by atoms with van der Waals surface area (Å²) in [7, 11) is 0. The van der Waals surface area contributed by atoms with Gasteiger partial charge in [0.2, 0.25) is 0 Å². The maximum atomic E-state index is 13.5. The number of nitrogens with one attached hydrogen (secondary N) is 1. The summed E-state index contributed by atoms with van der Waals surface area (Å²) in [6.07, 6.45) is 0. The van der Waals surface area contributed by atoms with Gasteiger partial charge in [-0.05, 0) is 65.9 Å². The van der Waals surface area contributed by atoms with Gasteiger partial charge in [0.25, 0.3) is 0 Å². The standard InChI is InChI=1S/C23H19FN2O/c1-14-4-3-5-15(2)23(14)17-8-6-16(7-9-17)20-13-21(26-25-20)19-12-18(24)10-11-22(19)27/h3-13,27H,1-2H3,(H,25,26). The summed E-state index contributed by atoms with van der Waals surface area (Å²) in [5.41, 5.74) is 7.55. The first-order valence-corrected chi connectivity index (χ1v) is 8.74. The number of hydrogen-bond acceptors (Lipinski definition) is 2. The Balaban J connectivity index is 1.68. The van der Waals surface area contributed by atoms with Crippen molar-refractivity contribution in [3.05, 3.63) is 83.7 Å². The van der Waals surface area contributed by atoms with Crippen LogP contribution in [0.1, 0.15) is 11.1 Å². The third-order valence-corrected chi connectivity index (χ3v) is 4.78. The topological polar surface area (TPSA) is 48.9 Å². The summed E-state index contributed by atoms with van der Waals surface area (Å²) >= 11 is 0. The number of nitrogens with zero attached hydrogens (tertiary/aromatic N) is 1. The summed E-state index contributed by atoms with van der Waals surface area (Å²) in [5.74, 6) is -0.412. The van der Waals surface area contributed by atoms with E-state index in [9.17, 15) is 9.50 Å². The highest BCUT2D eigenvalue weighted by molar-refractivity contribution is 5.75. The number of aromatic hydroxyl groups is 1. The van der Waals surface area contributed by atoms with Crippen LogP contribution in [-0.4, -0.2) is 15.3 Å². The molecule has 27 heavy (non-hydrogen) atoms. The molecule has 0 saturated carbocycles. The van der Waals surface area contributed by atoms with E-state index < -0.39 is 5.82 Å². The molecule has 134 valence electrons. The lowest BCUT2D eigenvalue weighted by Gasteiger charge is -2.10. The van der Waals surface area contributed by atoms with Crippen LogP contribution in [0.2, 0.25) is 0 Å². The molecule has 1 heterocycles. The Morgan fingerprint density at radius 2 is 1.52 bits per heavy atom. The van der Waals surface area contributed by atoms with E-state index in [0.717, 1.165) is 16.8 Å². The molecule has 0 atom stereocenters. The maximum Gasteiger partial charge on any atom is 0.125 e. The molecule has 0 fully saturated rings. The predicted octanol–water partition coefficient (Wildman–Crippen LogP) is 5.87. The average molecular weight is 358 g/mol. The molecule has 0 spiro atoms. The molecule has 4 aromatic rings. The Morgan fingerprint density at radius 1 is 0.852 bits per heavy atom. The Hall–Kier alpha value is -3.40.